The molecule has 3 rings (SSSR count). The van der Waals surface area contributed by atoms with Gasteiger partial charge < -0.3 is 14.9 Å². The highest BCUT2D eigenvalue weighted by Gasteiger charge is 2.07. The van der Waals surface area contributed by atoms with Crippen LogP contribution < -0.4 is 10.5 Å². The van der Waals surface area contributed by atoms with E-state index in [1.807, 2.05) is 31.2 Å². The molecule has 0 fully saturated rings. The molecule has 19 heavy (non-hydrogen) atoms. The molecule has 2 heterocycles. The third kappa shape index (κ3) is 2.49. The number of aromatic nitrogens is 2. The molecule has 2 aromatic heterocycles. The maximum Gasteiger partial charge on any atom is 0.235 e. The van der Waals surface area contributed by atoms with E-state index in [9.17, 15) is 0 Å². The second kappa shape index (κ2) is 4.61. The van der Waals surface area contributed by atoms with E-state index in [2.05, 4.69) is 9.97 Å². The van der Waals surface area contributed by atoms with Crippen molar-refractivity contribution >= 4 is 16.9 Å². The first-order valence-corrected chi connectivity index (χ1v) is 5.91. The summed E-state index contributed by atoms with van der Waals surface area (Å²) in [6.07, 6.45) is 1.55. The molecular weight excluding hydrogens is 242 g/mol. The van der Waals surface area contributed by atoms with Gasteiger partial charge in [-0.3, -0.25) is 0 Å². The average molecular weight is 255 g/mol. The number of nitrogens with two attached hydrogens (primary N) is 1. The van der Waals surface area contributed by atoms with Crippen molar-refractivity contribution in [2.75, 3.05) is 5.73 Å². The number of nitrogens with zero attached hydrogens (tertiary/aromatic N) is 2. The predicted octanol–water partition coefficient (Wildman–Crippen LogP) is 2.69. The average Bonchev–Trinajstić information content (AvgIpc) is 2.78. The summed E-state index contributed by atoms with van der Waals surface area (Å²) in [4.78, 5) is 8.32. The van der Waals surface area contributed by atoms with Crippen LogP contribution in [0.5, 0.6) is 5.75 Å². The van der Waals surface area contributed by atoms with E-state index in [4.69, 9.17) is 14.9 Å². The van der Waals surface area contributed by atoms with E-state index in [1.165, 1.54) is 0 Å². The number of pyridine rings is 1. The maximum atomic E-state index is 5.63. The summed E-state index contributed by atoms with van der Waals surface area (Å²) in [6, 6.07) is 9.51. The van der Waals surface area contributed by atoms with Gasteiger partial charge in [0.2, 0.25) is 5.89 Å². The summed E-state index contributed by atoms with van der Waals surface area (Å²) >= 11 is 0. The van der Waals surface area contributed by atoms with Crippen LogP contribution in [-0.4, -0.2) is 9.97 Å². The molecule has 0 unspecified atom stereocenters. The molecule has 0 saturated carbocycles. The van der Waals surface area contributed by atoms with E-state index in [0.717, 1.165) is 11.3 Å². The van der Waals surface area contributed by atoms with E-state index in [-0.39, 0.29) is 6.61 Å². The van der Waals surface area contributed by atoms with Crippen LogP contribution >= 0.6 is 0 Å². The molecule has 0 aliphatic carbocycles. The monoisotopic (exact) mass is 255 g/mol. The van der Waals surface area contributed by atoms with Gasteiger partial charge in [0.05, 0.1) is 11.9 Å². The van der Waals surface area contributed by atoms with Crippen molar-refractivity contribution in [3.8, 4) is 5.75 Å². The standard InChI is InChI=1S/C14H13N3O2/c1-9-3-2-4-11(5-9)18-8-13-17-14-12(19-13)6-10(15)7-16-14/h2-7H,8,15H2,1H3. The third-order valence-electron chi connectivity index (χ3n) is 2.66. The Hall–Kier alpha value is -2.56. The molecule has 5 nitrogen and oxygen atoms in total. The van der Waals surface area contributed by atoms with Crippen LogP contribution in [0.15, 0.2) is 40.9 Å². The fourth-order valence-corrected chi connectivity index (χ4v) is 1.79. The molecule has 0 bridgehead atoms. The van der Waals surface area contributed by atoms with Gasteiger partial charge in [0.25, 0.3) is 0 Å². The topological polar surface area (TPSA) is 74.2 Å². The van der Waals surface area contributed by atoms with Crippen LogP contribution in [0, 0.1) is 6.92 Å². The molecule has 0 aliphatic heterocycles. The van der Waals surface area contributed by atoms with Crippen molar-refractivity contribution in [1.82, 2.24) is 9.97 Å². The van der Waals surface area contributed by atoms with Gasteiger partial charge in [-0.25, -0.2) is 4.98 Å². The number of oxazole rings is 1. The predicted molar refractivity (Wildman–Crippen MR) is 71.7 cm³/mol. The minimum absolute atomic E-state index is 0.264. The lowest BCUT2D eigenvalue weighted by molar-refractivity contribution is 0.267. The van der Waals surface area contributed by atoms with Crippen molar-refractivity contribution in [2.24, 2.45) is 0 Å². The zero-order valence-corrected chi connectivity index (χ0v) is 10.5. The van der Waals surface area contributed by atoms with Gasteiger partial charge in [-0.05, 0) is 24.6 Å². The van der Waals surface area contributed by atoms with Gasteiger partial charge in [0.15, 0.2) is 17.8 Å². The fourth-order valence-electron chi connectivity index (χ4n) is 1.79. The Balaban J connectivity index is 1.78. The molecule has 0 spiro atoms. The second-order valence-corrected chi connectivity index (χ2v) is 4.30. The van der Waals surface area contributed by atoms with Crippen molar-refractivity contribution < 1.29 is 9.15 Å². The van der Waals surface area contributed by atoms with E-state index < -0.39 is 0 Å². The molecule has 0 aliphatic rings. The number of aryl methyl sites for hydroxylation is 1. The van der Waals surface area contributed by atoms with Crippen molar-refractivity contribution in [1.29, 1.82) is 0 Å². The Morgan fingerprint density at radius 1 is 1.32 bits per heavy atom. The number of benzene rings is 1. The Morgan fingerprint density at radius 2 is 2.21 bits per heavy atom. The largest absolute Gasteiger partial charge is 0.484 e. The Labute approximate surface area is 110 Å². The number of fused-ring (bicyclic) bond motifs is 1. The smallest absolute Gasteiger partial charge is 0.235 e. The molecule has 96 valence electrons. The number of ether oxygens (including phenoxy) is 1. The molecule has 0 amide bonds. The SMILES string of the molecule is Cc1cccc(OCc2nc3ncc(N)cc3o2)c1. The van der Waals surface area contributed by atoms with E-state index in [1.54, 1.807) is 12.3 Å². The van der Waals surface area contributed by atoms with Crippen molar-refractivity contribution in [3.05, 3.63) is 48.0 Å². The molecule has 0 atom stereocenters. The summed E-state index contributed by atoms with van der Waals surface area (Å²) in [5.41, 5.74) is 8.44. The number of rotatable bonds is 3. The molecule has 2 N–H and O–H groups in total. The van der Waals surface area contributed by atoms with Crippen LogP contribution in [0.4, 0.5) is 5.69 Å². The number of nitrogen functional groups attached to an aromatic ring is 1. The lowest BCUT2D eigenvalue weighted by Crippen LogP contribution is -1.95. The molecule has 1 aromatic carbocycles. The maximum absolute atomic E-state index is 5.63. The number of hydrogen-bond acceptors (Lipinski definition) is 5. The Bertz CT molecular complexity index is 722. The van der Waals surface area contributed by atoms with Crippen molar-refractivity contribution in [2.45, 2.75) is 13.5 Å². The number of anilines is 1. The summed E-state index contributed by atoms with van der Waals surface area (Å²) in [5.74, 6) is 1.27. The van der Waals surface area contributed by atoms with Gasteiger partial charge in [0, 0.05) is 6.07 Å². The minimum Gasteiger partial charge on any atom is -0.484 e. The Kier molecular flexibility index (Phi) is 2.79. The molecule has 3 aromatic rings. The van der Waals surface area contributed by atoms with Crippen LogP contribution in [0.25, 0.3) is 11.2 Å². The van der Waals surface area contributed by atoms with Gasteiger partial charge in [-0.1, -0.05) is 12.1 Å². The summed E-state index contributed by atoms with van der Waals surface area (Å²) in [5, 5.41) is 0. The molecule has 5 heteroatoms. The zero-order chi connectivity index (χ0) is 13.2. The first kappa shape index (κ1) is 11.5. The molecular formula is C14H13N3O2. The summed E-state index contributed by atoms with van der Waals surface area (Å²) in [6.45, 7) is 2.28. The van der Waals surface area contributed by atoms with Gasteiger partial charge in [-0.2, -0.15) is 4.98 Å². The Morgan fingerprint density at radius 3 is 3.05 bits per heavy atom. The summed E-state index contributed by atoms with van der Waals surface area (Å²) in [7, 11) is 0. The third-order valence-corrected chi connectivity index (χ3v) is 2.66. The van der Waals surface area contributed by atoms with Gasteiger partial charge >= 0.3 is 0 Å². The lowest BCUT2D eigenvalue weighted by atomic mass is 10.2. The van der Waals surface area contributed by atoms with Crippen LogP contribution in [0.3, 0.4) is 0 Å². The first-order valence-electron chi connectivity index (χ1n) is 5.91. The van der Waals surface area contributed by atoms with E-state index in [0.29, 0.717) is 22.8 Å². The highest BCUT2D eigenvalue weighted by molar-refractivity contribution is 5.71. The minimum atomic E-state index is 0.264. The van der Waals surface area contributed by atoms with Crippen LogP contribution in [0.2, 0.25) is 0 Å². The zero-order valence-electron chi connectivity index (χ0n) is 10.5. The first-order chi connectivity index (χ1) is 9.20. The van der Waals surface area contributed by atoms with Gasteiger partial charge in [0.1, 0.15) is 5.75 Å². The van der Waals surface area contributed by atoms with Crippen LogP contribution in [0.1, 0.15) is 11.5 Å². The normalized spacial score (nSPS) is 10.8. The van der Waals surface area contributed by atoms with Crippen LogP contribution in [-0.2, 0) is 6.61 Å². The second-order valence-electron chi connectivity index (χ2n) is 4.30. The molecule has 0 radical (unpaired) electrons. The highest BCUT2D eigenvalue weighted by Crippen LogP contribution is 2.18. The van der Waals surface area contributed by atoms with Crippen molar-refractivity contribution in [3.63, 3.8) is 0 Å². The summed E-state index contributed by atoms with van der Waals surface area (Å²) < 4.78 is 11.1. The number of hydrogen-bond donors (Lipinski definition) is 1. The van der Waals surface area contributed by atoms with E-state index >= 15 is 0 Å². The quantitative estimate of drug-likeness (QED) is 0.778. The van der Waals surface area contributed by atoms with Gasteiger partial charge in [-0.15, -0.1) is 0 Å². The lowest BCUT2D eigenvalue weighted by Gasteiger charge is -2.03. The highest BCUT2D eigenvalue weighted by atomic mass is 16.5. The molecule has 0 saturated heterocycles. The fraction of sp³-hybridized carbons (Fsp3) is 0.143.